The van der Waals surface area contributed by atoms with E-state index in [1.54, 1.807) is 12.3 Å². The Balaban J connectivity index is 1.67. The largest absolute Gasteiger partial charge is 0.365 e. The SMILES string of the molecule is N#Cc1cccc(CNc2cncc(C(=O)N3CCCC3)n2)c1. The van der Waals surface area contributed by atoms with Gasteiger partial charge >= 0.3 is 0 Å². The maximum Gasteiger partial charge on any atom is 0.274 e. The van der Waals surface area contributed by atoms with Crippen molar-refractivity contribution in [2.24, 2.45) is 0 Å². The van der Waals surface area contributed by atoms with E-state index in [1.807, 2.05) is 23.1 Å². The molecule has 6 nitrogen and oxygen atoms in total. The predicted molar refractivity (Wildman–Crippen MR) is 85.7 cm³/mol. The summed E-state index contributed by atoms with van der Waals surface area (Å²) in [5.41, 5.74) is 1.96. The van der Waals surface area contributed by atoms with Crippen LogP contribution in [0.4, 0.5) is 5.82 Å². The number of nitriles is 1. The van der Waals surface area contributed by atoms with Gasteiger partial charge in [0.15, 0.2) is 0 Å². The Labute approximate surface area is 134 Å². The number of likely N-dealkylation sites (tertiary alicyclic amines) is 1. The zero-order valence-electron chi connectivity index (χ0n) is 12.7. The number of nitrogens with zero attached hydrogens (tertiary/aromatic N) is 4. The minimum Gasteiger partial charge on any atom is -0.365 e. The van der Waals surface area contributed by atoms with E-state index >= 15 is 0 Å². The zero-order valence-corrected chi connectivity index (χ0v) is 12.7. The van der Waals surface area contributed by atoms with E-state index in [2.05, 4.69) is 21.4 Å². The van der Waals surface area contributed by atoms with Gasteiger partial charge in [0.05, 0.1) is 24.0 Å². The van der Waals surface area contributed by atoms with E-state index in [0.717, 1.165) is 31.5 Å². The van der Waals surface area contributed by atoms with Crippen LogP contribution in [0.25, 0.3) is 0 Å². The van der Waals surface area contributed by atoms with Gasteiger partial charge < -0.3 is 10.2 Å². The molecule has 23 heavy (non-hydrogen) atoms. The number of carbonyl (C=O) groups excluding carboxylic acids is 1. The molecule has 1 aromatic heterocycles. The molecular formula is C17H17N5O. The van der Waals surface area contributed by atoms with Gasteiger partial charge in [-0.2, -0.15) is 5.26 Å². The van der Waals surface area contributed by atoms with Crippen molar-refractivity contribution < 1.29 is 4.79 Å². The van der Waals surface area contributed by atoms with Gasteiger partial charge in [-0.3, -0.25) is 9.78 Å². The number of carbonyl (C=O) groups is 1. The highest BCUT2D eigenvalue weighted by molar-refractivity contribution is 5.92. The smallest absolute Gasteiger partial charge is 0.274 e. The molecule has 1 aromatic carbocycles. The molecule has 1 saturated heterocycles. The van der Waals surface area contributed by atoms with Crippen molar-refractivity contribution in [3.05, 3.63) is 53.5 Å². The van der Waals surface area contributed by atoms with Crippen molar-refractivity contribution >= 4 is 11.7 Å². The Hall–Kier alpha value is -2.94. The van der Waals surface area contributed by atoms with Crippen LogP contribution in [-0.2, 0) is 6.54 Å². The van der Waals surface area contributed by atoms with E-state index in [-0.39, 0.29) is 5.91 Å². The minimum atomic E-state index is -0.0647. The van der Waals surface area contributed by atoms with E-state index in [9.17, 15) is 4.79 Å². The Morgan fingerprint density at radius 3 is 2.91 bits per heavy atom. The Bertz CT molecular complexity index is 747. The molecule has 2 aromatic rings. The second-order valence-corrected chi connectivity index (χ2v) is 5.45. The molecule has 1 aliphatic heterocycles. The standard InChI is InChI=1S/C17H17N5O/c18-9-13-4-3-5-14(8-13)10-20-16-12-19-11-15(21-16)17(23)22-6-1-2-7-22/h3-5,8,11-12H,1-2,6-7,10H2,(H,20,21). The quantitative estimate of drug-likeness (QED) is 0.936. The Morgan fingerprint density at radius 2 is 2.13 bits per heavy atom. The number of amides is 1. The first kappa shape index (κ1) is 15.0. The summed E-state index contributed by atoms with van der Waals surface area (Å²) in [6, 6.07) is 9.47. The van der Waals surface area contributed by atoms with Crippen LogP contribution in [0, 0.1) is 11.3 Å². The van der Waals surface area contributed by atoms with Gasteiger partial charge in [0.25, 0.3) is 5.91 Å². The Kier molecular flexibility index (Phi) is 4.48. The van der Waals surface area contributed by atoms with Crippen molar-refractivity contribution in [3.8, 4) is 6.07 Å². The van der Waals surface area contributed by atoms with Gasteiger partial charge in [-0.15, -0.1) is 0 Å². The van der Waals surface area contributed by atoms with Crippen LogP contribution in [0.1, 0.15) is 34.5 Å². The molecule has 3 rings (SSSR count). The summed E-state index contributed by atoms with van der Waals surface area (Å²) in [5.74, 6) is 0.488. The van der Waals surface area contributed by atoms with Gasteiger partial charge in [-0.1, -0.05) is 12.1 Å². The summed E-state index contributed by atoms with van der Waals surface area (Å²) in [5, 5.41) is 12.1. The summed E-state index contributed by atoms with van der Waals surface area (Å²) in [6.45, 7) is 2.10. The van der Waals surface area contributed by atoms with Crippen LogP contribution in [0.2, 0.25) is 0 Å². The highest BCUT2D eigenvalue weighted by atomic mass is 16.2. The molecule has 0 saturated carbocycles. The molecule has 1 fully saturated rings. The molecule has 1 aliphatic rings. The number of benzene rings is 1. The molecular weight excluding hydrogens is 290 g/mol. The molecule has 0 aliphatic carbocycles. The molecule has 1 amide bonds. The van der Waals surface area contributed by atoms with Crippen LogP contribution in [0.3, 0.4) is 0 Å². The lowest BCUT2D eigenvalue weighted by molar-refractivity contribution is 0.0786. The average Bonchev–Trinajstić information content (AvgIpc) is 3.14. The van der Waals surface area contributed by atoms with Crippen molar-refractivity contribution in [2.75, 3.05) is 18.4 Å². The number of aromatic nitrogens is 2. The predicted octanol–water partition coefficient (Wildman–Crippen LogP) is 2.20. The third-order valence-corrected chi connectivity index (χ3v) is 3.78. The van der Waals surface area contributed by atoms with Crippen LogP contribution >= 0.6 is 0 Å². The number of anilines is 1. The molecule has 0 bridgehead atoms. The first-order valence-electron chi connectivity index (χ1n) is 7.60. The van der Waals surface area contributed by atoms with Crippen molar-refractivity contribution in [1.82, 2.24) is 14.9 Å². The maximum atomic E-state index is 12.3. The van der Waals surface area contributed by atoms with Gasteiger partial charge in [-0.05, 0) is 30.5 Å². The first-order valence-corrected chi connectivity index (χ1v) is 7.60. The fraction of sp³-hybridized carbons (Fsp3) is 0.294. The average molecular weight is 307 g/mol. The highest BCUT2D eigenvalue weighted by Crippen LogP contribution is 2.13. The van der Waals surface area contributed by atoms with E-state index < -0.39 is 0 Å². The third kappa shape index (κ3) is 3.64. The van der Waals surface area contributed by atoms with Crippen LogP contribution in [-0.4, -0.2) is 33.9 Å². The van der Waals surface area contributed by atoms with Gasteiger partial charge in [0, 0.05) is 19.6 Å². The fourth-order valence-corrected chi connectivity index (χ4v) is 2.58. The zero-order chi connectivity index (χ0) is 16.1. The highest BCUT2D eigenvalue weighted by Gasteiger charge is 2.20. The number of rotatable bonds is 4. The third-order valence-electron chi connectivity index (χ3n) is 3.78. The van der Waals surface area contributed by atoms with Gasteiger partial charge in [0.1, 0.15) is 11.5 Å². The molecule has 0 unspecified atom stereocenters. The van der Waals surface area contributed by atoms with Gasteiger partial charge in [0.2, 0.25) is 0 Å². The van der Waals surface area contributed by atoms with Crippen LogP contribution in [0.5, 0.6) is 0 Å². The van der Waals surface area contributed by atoms with Crippen LogP contribution < -0.4 is 5.32 Å². The second kappa shape index (κ2) is 6.88. The monoisotopic (exact) mass is 307 g/mol. The lowest BCUT2D eigenvalue weighted by atomic mass is 10.1. The van der Waals surface area contributed by atoms with E-state index in [4.69, 9.17) is 5.26 Å². The fourth-order valence-electron chi connectivity index (χ4n) is 2.58. The van der Waals surface area contributed by atoms with Crippen LogP contribution in [0.15, 0.2) is 36.7 Å². The molecule has 0 atom stereocenters. The van der Waals surface area contributed by atoms with Crippen molar-refractivity contribution in [2.45, 2.75) is 19.4 Å². The summed E-state index contributed by atoms with van der Waals surface area (Å²) in [4.78, 5) is 22.6. The second-order valence-electron chi connectivity index (χ2n) is 5.45. The topological polar surface area (TPSA) is 81.9 Å². The summed E-state index contributed by atoms with van der Waals surface area (Å²) in [6.07, 6.45) is 5.19. The molecule has 116 valence electrons. The summed E-state index contributed by atoms with van der Waals surface area (Å²) in [7, 11) is 0. The molecule has 6 heteroatoms. The lowest BCUT2D eigenvalue weighted by Gasteiger charge is -2.14. The van der Waals surface area contributed by atoms with Gasteiger partial charge in [-0.25, -0.2) is 4.98 Å². The molecule has 0 spiro atoms. The first-order chi connectivity index (χ1) is 11.3. The van der Waals surface area contributed by atoms with Crippen molar-refractivity contribution in [3.63, 3.8) is 0 Å². The Morgan fingerprint density at radius 1 is 1.30 bits per heavy atom. The number of hydrogen-bond acceptors (Lipinski definition) is 5. The lowest BCUT2D eigenvalue weighted by Crippen LogP contribution is -2.28. The van der Waals surface area contributed by atoms with E-state index in [0.29, 0.717) is 23.6 Å². The van der Waals surface area contributed by atoms with E-state index in [1.165, 1.54) is 6.20 Å². The molecule has 1 N–H and O–H groups in total. The summed E-state index contributed by atoms with van der Waals surface area (Å²) < 4.78 is 0. The number of hydrogen-bond donors (Lipinski definition) is 1. The minimum absolute atomic E-state index is 0.0647. The molecule has 0 radical (unpaired) electrons. The maximum absolute atomic E-state index is 12.3. The molecule has 2 heterocycles. The van der Waals surface area contributed by atoms with Crippen molar-refractivity contribution in [1.29, 1.82) is 5.26 Å². The number of nitrogens with one attached hydrogen (secondary N) is 1. The normalized spacial score (nSPS) is 13.6. The summed E-state index contributed by atoms with van der Waals surface area (Å²) >= 11 is 0.